The zero-order chi connectivity index (χ0) is 21.7. The van der Waals surface area contributed by atoms with E-state index in [1.807, 2.05) is 32.0 Å². The second-order valence-electron chi connectivity index (χ2n) is 8.32. The van der Waals surface area contributed by atoms with E-state index in [0.717, 1.165) is 19.3 Å². The van der Waals surface area contributed by atoms with E-state index in [2.05, 4.69) is 17.4 Å². The zero-order valence-corrected chi connectivity index (χ0v) is 18.0. The lowest BCUT2D eigenvalue weighted by atomic mass is 9.83. The van der Waals surface area contributed by atoms with Gasteiger partial charge in [-0.15, -0.1) is 0 Å². The van der Waals surface area contributed by atoms with E-state index in [-0.39, 0.29) is 35.4 Å². The van der Waals surface area contributed by atoms with E-state index in [1.165, 1.54) is 18.6 Å². The van der Waals surface area contributed by atoms with Gasteiger partial charge in [-0.2, -0.15) is 0 Å². The number of hydrogen-bond donors (Lipinski definition) is 2. The Morgan fingerprint density at radius 3 is 2.67 bits per heavy atom. The Hall–Kier alpha value is -2.82. The molecule has 3 rings (SSSR count). The SMILES string of the molecule is CC(=O)CCC1C(=O)c2c(O)cc(OC(C)CCCc3ccccc3)cc2NC1C. The highest BCUT2D eigenvalue weighted by molar-refractivity contribution is 6.07. The van der Waals surface area contributed by atoms with Gasteiger partial charge in [0, 0.05) is 30.5 Å². The smallest absolute Gasteiger partial charge is 0.173 e. The lowest BCUT2D eigenvalue weighted by Crippen LogP contribution is -2.37. The average Bonchev–Trinajstić information content (AvgIpc) is 2.67. The van der Waals surface area contributed by atoms with Crippen LogP contribution in [-0.4, -0.2) is 28.8 Å². The van der Waals surface area contributed by atoms with Crippen molar-refractivity contribution in [1.82, 2.24) is 0 Å². The lowest BCUT2D eigenvalue weighted by Gasteiger charge is -2.32. The van der Waals surface area contributed by atoms with Crippen LogP contribution in [0.15, 0.2) is 42.5 Å². The summed E-state index contributed by atoms with van der Waals surface area (Å²) >= 11 is 0. The van der Waals surface area contributed by atoms with Crippen LogP contribution >= 0.6 is 0 Å². The van der Waals surface area contributed by atoms with Crippen molar-refractivity contribution in [3.63, 3.8) is 0 Å². The molecule has 3 atom stereocenters. The first-order chi connectivity index (χ1) is 14.3. The molecule has 0 fully saturated rings. The number of ketones is 2. The number of benzene rings is 2. The zero-order valence-electron chi connectivity index (χ0n) is 18.0. The Morgan fingerprint density at radius 1 is 1.23 bits per heavy atom. The number of phenols is 1. The molecule has 5 heteroatoms. The minimum absolute atomic E-state index is 0.00815. The number of nitrogens with one attached hydrogen (secondary N) is 1. The lowest BCUT2D eigenvalue weighted by molar-refractivity contribution is -0.117. The molecule has 1 heterocycles. The summed E-state index contributed by atoms with van der Waals surface area (Å²) in [6.45, 7) is 5.48. The van der Waals surface area contributed by atoms with Gasteiger partial charge in [-0.3, -0.25) is 4.79 Å². The van der Waals surface area contributed by atoms with Gasteiger partial charge >= 0.3 is 0 Å². The monoisotopic (exact) mass is 409 g/mol. The molecule has 3 unspecified atom stereocenters. The van der Waals surface area contributed by atoms with Gasteiger partial charge in [0.25, 0.3) is 0 Å². The van der Waals surface area contributed by atoms with Crippen LogP contribution < -0.4 is 10.1 Å². The quantitative estimate of drug-likeness (QED) is 0.598. The van der Waals surface area contributed by atoms with Crippen molar-refractivity contribution in [3.8, 4) is 11.5 Å². The molecule has 2 aromatic rings. The highest BCUT2D eigenvalue weighted by atomic mass is 16.5. The molecular formula is C25H31NO4. The second kappa shape index (κ2) is 9.79. The Kier molecular flexibility index (Phi) is 7.14. The fraction of sp³-hybridized carbons (Fsp3) is 0.440. The topological polar surface area (TPSA) is 75.6 Å². The molecule has 160 valence electrons. The number of ether oxygens (including phenoxy) is 1. The number of fused-ring (bicyclic) bond motifs is 1. The van der Waals surface area contributed by atoms with Crippen LogP contribution in [0.4, 0.5) is 5.69 Å². The summed E-state index contributed by atoms with van der Waals surface area (Å²) in [7, 11) is 0. The summed E-state index contributed by atoms with van der Waals surface area (Å²) in [5.74, 6) is 0.104. The van der Waals surface area contributed by atoms with Gasteiger partial charge in [-0.1, -0.05) is 30.3 Å². The summed E-state index contributed by atoms with van der Waals surface area (Å²) in [4.78, 5) is 24.2. The number of carbonyl (C=O) groups excluding carboxylic acids is 2. The molecule has 1 aliphatic rings. The molecule has 0 amide bonds. The molecule has 0 saturated heterocycles. The number of rotatable bonds is 9. The fourth-order valence-electron chi connectivity index (χ4n) is 4.07. The maximum Gasteiger partial charge on any atom is 0.173 e. The molecular weight excluding hydrogens is 378 g/mol. The number of Topliss-reactive ketones (excluding diaryl/α,β-unsaturated/α-hetero) is 2. The molecule has 2 N–H and O–H groups in total. The van der Waals surface area contributed by atoms with Crippen LogP contribution in [0.3, 0.4) is 0 Å². The van der Waals surface area contributed by atoms with Crippen LogP contribution in [0.2, 0.25) is 0 Å². The van der Waals surface area contributed by atoms with Gasteiger partial charge in [0.2, 0.25) is 0 Å². The Balaban J connectivity index is 1.63. The van der Waals surface area contributed by atoms with Crippen LogP contribution in [0.25, 0.3) is 0 Å². The van der Waals surface area contributed by atoms with E-state index in [1.54, 1.807) is 6.07 Å². The van der Waals surface area contributed by atoms with Crippen molar-refractivity contribution in [2.24, 2.45) is 5.92 Å². The molecule has 0 aromatic heterocycles. The second-order valence-corrected chi connectivity index (χ2v) is 8.32. The highest BCUT2D eigenvalue weighted by Crippen LogP contribution is 2.39. The predicted molar refractivity (Wildman–Crippen MR) is 118 cm³/mol. The van der Waals surface area contributed by atoms with E-state index in [0.29, 0.717) is 29.8 Å². The summed E-state index contributed by atoms with van der Waals surface area (Å²) in [5, 5.41) is 13.8. The molecule has 0 bridgehead atoms. The van der Waals surface area contributed by atoms with Gasteiger partial charge in [-0.25, -0.2) is 0 Å². The molecule has 0 spiro atoms. The van der Waals surface area contributed by atoms with Crippen molar-refractivity contribution in [3.05, 3.63) is 53.6 Å². The Bertz CT molecular complexity index is 894. The van der Waals surface area contributed by atoms with Crippen LogP contribution in [0, 0.1) is 5.92 Å². The summed E-state index contributed by atoms with van der Waals surface area (Å²) < 4.78 is 6.02. The van der Waals surface area contributed by atoms with Gasteiger partial charge in [0.05, 0.1) is 17.4 Å². The summed E-state index contributed by atoms with van der Waals surface area (Å²) in [6, 6.07) is 13.6. The first-order valence-corrected chi connectivity index (χ1v) is 10.7. The molecule has 0 saturated carbocycles. The first-order valence-electron chi connectivity index (χ1n) is 10.7. The third-order valence-corrected chi connectivity index (χ3v) is 5.72. The van der Waals surface area contributed by atoms with Crippen molar-refractivity contribution in [2.75, 3.05) is 5.32 Å². The minimum atomic E-state index is -0.323. The van der Waals surface area contributed by atoms with Gasteiger partial charge < -0.3 is 20.0 Å². The summed E-state index contributed by atoms with van der Waals surface area (Å²) in [5.41, 5.74) is 2.20. The summed E-state index contributed by atoms with van der Waals surface area (Å²) in [6.07, 6.45) is 3.74. The third-order valence-electron chi connectivity index (χ3n) is 5.72. The normalized spacial score (nSPS) is 19.0. The molecule has 0 radical (unpaired) electrons. The van der Waals surface area contributed by atoms with Crippen LogP contribution in [0.5, 0.6) is 11.5 Å². The van der Waals surface area contributed by atoms with E-state index < -0.39 is 0 Å². The number of aryl methyl sites for hydroxylation is 1. The van der Waals surface area contributed by atoms with E-state index in [4.69, 9.17) is 4.74 Å². The Morgan fingerprint density at radius 2 is 1.97 bits per heavy atom. The molecule has 0 aliphatic carbocycles. The van der Waals surface area contributed by atoms with Gasteiger partial charge in [0.15, 0.2) is 5.78 Å². The molecule has 5 nitrogen and oxygen atoms in total. The van der Waals surface area contributed by atoms with Crippen molar-refractivity contribution >= 4 is 17.3 Å². The number of carbonyl (C=O) groups is 2. The van der Waals surface area contributed by atoms with Gasteiger partial charge in [0.1, 0.15) is 17.3 Å². The van der Waals surface area contributed by atoms with Crippen LogP contribution in [0.1, 0.15) is 62.4 Å². The van der Waals surface area contributed by atoms with Gasteiger partial charge in [-0.05, 0) is 52.0 Å². The Labute approximate surface area is 178 Å². The minimum Gasteiger partial charge on any atom is -0.507 e. The molecule has 2 aromatic carbocycles. The molecule has 1 aliphatic heterocycles. The number of hydrogen-bond acceptors (Lipinski definition) is 5. The first kappa shape index (κ1) is 21.9. The van der Waals surface area contributed by atoms with Crippen molar-refractivity contribution < 1.29 is 19.4 Å². The average molecular weight is 410 g/mol. The predicted octanol–water partition coefficient (Wildman–Crippen LogP) is 5.16. The third kappa shape index (κ3) is 5.41. The van der Waals surface area contributed by atoms with E-state index >= 15 is 0 Å². The fourth-order valence-corrected chi connectivity index (χ4v) is 4.07. The van der Waals surface area contributed by atoms with Crippen LogP contribution in [-0.2, 0) is 11.2 Å². The highest BCUT2D eigenvalue weighted by Gasteiger charge is 2.35. The van der Waals surface area contributed by atoms with Crippen molar-refractivity contribution in [1.29, 1.82) is 0 Å². The maximum absolute atomic E-state index is 12.9. The van der Waals surface area contributed by atoms with E-state index in [9.17, 15) is 14.7 Å². The number of anilines is 1. The maximum atomic E-state index is 12.9. The van der Waals surface area contributed by atoms with Crippen molar-refractivity contribution in [2.45, 2.75) is 65.0 Å². The number of aromatic hydroxyl groups is 1. The standard InChI is InChI=1S/C25H31NO4/c1-16(27)12-13-21-18(3)26-22-14-20(15-23(28)24(22)25(21)29)30-17(2)8-7-11-19-9-5-4-6-10-19/h4-6,9-10,14-15,17-18,21,26,28H,7-8,11-13H2,1-3H3. The number of phenolic OH excluding ortho intramolecular Hbond substituents is 1. The molecule has 30 heavy (non-hydrogen) atoms. The largest absolute Gasteiger partial charge is 0.507 e.